The summed E-state index contributed by atoms with van der Waals surface area (Å²) in [6.45, 7) is 0.554. The van der Waals surface area contributed by atoms with Gasteiger partial charge in [-0.25, -0.2) is 8.42 Å². The highest BCUT2D eigenvalue weighted by molar-refractivity contribution is 7.89. The summed E-state index contributed by atoms with van der Waals surface area (Å²) in [4.78, 5) is 4.38. The van der Waals surface area contributed by atoms with Crippen LogP contribution in [-0.2, 0) is 21.8 Å². The Morgan fingerprint density at radius 1 is 1.30 bits per heavy atom. The number of hydrogen-bond donors (Lipinski definition) is 0. The van der Waals surface area contributed by atoms with E-state index in [1.807, 2.05) is 0 Å². The van der Waals surface area contributed by atoms with Gasteiger partial charge in [-0.1, -0.05) is 28.9 Å². The van der Waals surface area contributed by atoms with Crippen LogP contribution in [0.4, 0.5) is 0 Å². The Morgan fingerprint density at radius 2 is 2.11 bits per heavy atom. The molecule has 11 heteroatoms. The zero-order valence-corrected chi connectivity index (χ0v) is 15.9. The lowest BCUT2D eigenvalue weighted by Crippen LogP contribution is -2.43. The van der Waals surface area contributed by atoms with Crippen LogP contribution in [0.3, 0.4) is 0 Å². The molecule has 1 aromatic carbocycles. The van der Waals surface area contributed by atoms with Crippen molar-refractivity contribution in [2.24, 2.45) is 7.05 Å². The standard InChI is InChI=1S/C16H16ClN5O4S/c1-21-9-11(8-18-21)16-19-15(20-26-16)13-10-25-7-6-22(13)27(23,24)14-5-3-2-4-12(14)17/h2-5,8-9,13H,6-7,10H2,1H3. The molecule has 2 aromatic heterocycles. The topological polar surface area (TPSA) is 103 Å². The van der Waals surface area contributed by atoms with Crippen molar-refractivity contribution in [2.45, 2.75) is 10.9 Å². The summed E-state index contributed by atoms with van der Waals surface area (Å²) in [6, 6.07) is 5.61. The van der Waals surface area contributed by atoms with E-state index < -0.39 is 16.1 Å². The van der Waals surface area contributed by atoms with Crippen LogP contribution in [0.25, 0.3) is 11.5 Å². The van der Waals surface area contributed by atoms with Gasteiger partial charge in [-0.15, -0.1) is 0 Å². The average Bonchev–Trinajstić information content (AvgIpc) is 3.31. The van der Waals surface area contributed by atoms with Gasteiger partial charge in [0.2, 0.25) is 10.0 Å². The minimum Gasteiger partial charge on any atom is -0.378 e. The van der Waals surface area contributed by atoms with Gasteiger partial charge < -0.3 is 9.26 Å². The third-order valence-corrected chi connectivity index (χ3v) is 6.60. The van der Waals surface area contributed by atoms with Gasteiger partial charge in [0.25, 0.3) is 5.89 Å². The number of aryl methyl sites for hydroxylation is 1. The molecule has 0 radical (unpaired) electrons. The quantitative estimate of drug-likeness (QED) is 0.648. The average molecular weight is 410 g/mol. The van der Waals surface area contributed by atoms with E-state index in [0.717, 1.165) is 0 Å². The molecule has 3 heterocycles. The maximum Gasteiger partial charge on any atom is 0.261 e. The van der Waals surface area contributed by atoms with E-state index in [1.165, 1.54) is 10.4 Å². The third kappa shape index (κ3) is 3.36. The van der Waals surface area contributed by atoms with E-state index in [2.05, 4.69) is 15.2 Å². The van der Waals surface area contributed by atoms with Crippen molar-refractivity contribution in [3.05, 3.63) is 47.5 Å². The van der Waals surface area contributed by atoms with Gasteiger partial charge in [-0.2, -0.15) is 14.4 Å². The highest BCUT2D eigenvalue weighted by Gasteiger charge is 2.38. The van der Waals surface area contributed by atoms with Crippen molar-refractivity contribution in [1.82, 2.24) is 24.2 Å². The van der Waals surface area contributed by atoms with Crippen LogP contribution in [0.1, 0.15) is 11.9 Å². The van der Waals surface area contributed by atoms with Gasteiger partial charge in [0.15, 0.2) is 5.82 Å². The molecule has 4 rings (SSSR count). The van der Waals surface area contributed by atoms with E-state index in [1.54, 1.807) is 42.3 Å². The van der Waals surface area contributed by atoms with Crippen molar-refractivity contribution < 1.29 is 17.7 Å². The highest BCUT2D eigenvalue weighted by Crippen LogP contribution is 2.32. The number of nitrogens with zero attached hydrogens (tertiary/aromatic N) is 5. The Morgan fingerprint density at radius 3 is 2.85 bits per heavy atom. The molecule has 27 heavy (non-hydrogen) atoms. The molecule has 0 N–H and O–H groups in total. The van der Waals surface area contributed by atoms with E-state index in [-0.39, 0.29) is 41.4 Å². The van der Waals surface area contributed by atoms with Gasteiger partial charge in [0.05, 0.1) is 30.0 Å². The van der Waals surface area contributed by atoms with Crippen molar-refractivity contribution in [3.63, 3.8) is 0 Å². The minimum absolute atomic E-state index is 0.0366. The summed E-state index contributed by atoms with van der Waals surface area (Å²) < 4.78 is 40.0. The first-order valence-corrected chi connectivity index (χ1v) is 9.95. The van der Waals surface area contributed by atoms with Crippen LogP contribution in [0, 0.1) is 0 Å². The first kappa shape index (κ1) is 18.1. The lowest BCUT2D eigenvalue weighted by atomic mass is 10.2. The molecule has 1 fully saturated rings. The van der Waals surface area contributed by atoms with Crippen LogP contribution in [-0.4, -0.2) is 52.4 Å². The fourth-order valence-electron chi connectivity index (χ4n) is 2.88. The summed E-state index contributed by atoms with van der Waals surface area (Å²) in [7, 11) is -2.09. The molecule has 0 aliphatic carbocycles. The molecular weight excluding hydrogens is 394 g/mol. The van der Waals surface area contributed by atoms with Crippen LogP contribution >= 0.6 is 11.6 Å². The van der Waals surface area contributed by atoms with Crippen molar-refractivity contribution in [1.29, 1.82) is 0 Å². The Labute approximate surface area is 160 Å². The van der Waals surface area contributed by atoms with E-state index in [9.17, 15) is 8.42 Å². The molecule has 1 saturated heterocycles. The predicted octanol–water partition coefficient (Wildman–Crippen LogP) is 1.89. The smallest absolute Gasteiger partial charge is 0.261 e. The number of sulfonamides is 1. The zero-order chi connectivity index (χ0) is 19.0. The Bertz CT molecular complexity index is 1060. The molecule has 3 aromatic rings. The Balaban J connectivity index is 1.69. The predicted molar refractivity (Wildman–Crippen MR) is 95.4 cm³/mol. The van der Waals surface area contributed by atoms with Crippen molar-refractivity contribution in [2.75, 3.05) is 19.8 Å². The summed E-state index contributed by atoms with van der Waals surface area (Å²) in [5.74, 6) is 0.489. The summed E-state index contributed by atoms with van der Waals surface area (Å²) in [6.07, 6.45) is 3.32. The van der Waals surface area contributed by atoms with Crippen LogP contribution in [0.15, 0.2) is 46.1 Å². The van der Waals surface area contributed by atoms with Crippen LogP contribution < -0.4 is 0 Å². The fourth-order valence-corrected chi connectivity index (χ4v) is 4.93. The summed E-state index contributed by atoms with van der Waals surface area (Å²) >= 11 is 6.11. The van der Waals surface area contributed by atoms with E-state index in [4.69, 9.17) is 20.9 Å². The number of aromatic nitrogens is 4. The number of hydrogen-bond acceptors (Lipinski definition) is 7. The van der Waals surface area contributed by atoms with Gasteiger partial charge >= 0.3 is 0 Å². The van der Waals surface area contributed by atoms with Crippen LogP contribution in [0.2, 0.25) is 5.02 Å². The van der Waals surface area contributed by atoms with Gasteiger partial charge in [0.1, 0.15) is 10.9 Å². The Hall–Kier alpha value is -2.27. The SMILES string of the molecule is Cn1cc(-c2nc(C3COCCN3S(=O)(=O)c3ccccc3Cl)no2)cn1. The molecule has 142 valence electrons. The fraction of sp³-hybridized carbons (Fsp3) is 0.312. The van der Waals surface area contributed by atoms with Crippen LogP contribution in [0.5, 0.6) is 0 Å². The maximum absolute atomic E-state index is 13.2. The molecule has 0 bridgehead atoms. The number of ether oxygens (including phenoxy) is 1. The minimum atomic E-state index is -3.86. The summed E-state index contributed by atoms with van der Waals surface area (Å²) in [5.41, 5.74) is 0.647. The second kappa shape index (κ2) is 7.04. The molecule has 0 spiro atoms. The van der Waals surface area contributed by atoms with Gasteiger partial charge in [-0.05, 0) is 12.1 Å². The lowest BCUT2D eigenvalue weighted by Gasteiger charge is -2.32. The third-order valence-electron chi connectivity index (χ3n) is 4.19. The number of benzene rings is 1. The Kier molecular flexibility index (Phi) is 4.72. The monoisotopic (exact) mass is 409 g/mol. The largest absolute Gasteiger partial charge is 0.378 e. The molecule has 1 aliphatic rings. The number of halogens is 1. The molecule has 0 amide bonds. The number of rotatable bonds is 4. The second-order valence-electron chi connectivity index (χ2n) is 6.00. The molecular formula is C16H16ClN5O4S. The van der Waals surface area contributed by atoms with Crippen molar-refractivity contribution in [3.8, 4) is 11.5 Å². The van der Waals surface area contributed by atoms with Crippen molar-refractivity contribution >= 4 is 21.6 Å². The van der Waals surface area contributed by atoms with E-state index >= 15 is 0 Å². The molecule has 1 atom stereocenters. The van der Waals surface area contributed by atoms with E-state index in [0.29, 0.717) is 5.56 Å². The molecule has 1 unspecified atom stereocenters. The van der Waals surface area contributed by atoms with Gasteiger partial charge in [0, 0.05) is 19.8 Å². The van der Waals surface area contributed by atoms with Gasteiger partial charge in [-0.3, -0.25) is 4.68 Å². The molecule has 0 saturated carbocycles. The zero-order valence-electron chi connectivity index (χ0n) is 14.3. The second-order valence-corrected chi connectivity index (χ2v) is 8.26. The molecule has 1 aliphatic heterocycles. The number of morpholine rings is 1. The summed E-state index contributed by atoms with van der Waals surface area (Å²) in [5, 5.41) is 8.18. The first-order valence-electron chi connectivity index (χ1n) is 8.13. The maximum atomic E-state index is 13.2. The molecule has 9 nitrogen and oxygen atoms in total. The highest BCUT2D eigenvalue weighted by atomic mass is 35.5. The normalized spacial score (nSPS) is 18.7. The first-order chi connectivity index (χ1) is 13.0. The lowest BCUT2D eigenvalue weighted by molar-refractivity contribution is 0.0282.